The lowest BCUT2D eigenvalue weighted by molar-refractivity contribution is -0.139. The van der Waals surface area contributed by atoms with Gasteiger partial charge >= 0.3 is 12.4 Å². The van der Waals surface area contributed by atoms with Crippen LogP contribution in [-0.2, 0) is 22.3 Å². The summed E-state index contributed by atoms with van der Waals surface area (Å²) in [6, 6.07) is 11.3. The van der Waals surface area contributed by atoms with Crippen LogP contribution in [0.3, 0.4) is 0 Å². The van der Waals surface area contributed by atoms with Gasteiger partial charge in [-0.25, -0.2) is 4.98 Å². The Labute approximate surface area is 345 Å². The fraction of sp³-hybridized carbons (Fsp3) is 0.395. The number of nitrogens with one attached hydrogen (secondary N) is 1. The highest BCUT2D eigenvalue weighted by Crippen LogP contribution is 2.41. The van der Waals surface area contributed by atoms with E-state index < -0.39 is 54.1 Å². The van der Waals surface area contributed by atoms with Crippen molar-refractivity contribution in [1.29, 1.82) is 0 Å². The summed E-state index contributed by atoms with van der Waals surface area (Å²) in [5, 5.41) is 3.23. The van der Waals surface area contributed by atoms with E-state index in [9.17, 15) is 45.5 Å². The average Bonchev–Trinajstić information content (AvgIpc) is 3.67. The van der Waals surface area contributed by atoms with E-state index in [-0.39, 0.29) is 40.9 Å². The van der Waals surface area contributed by atoms with E-state index in [1.54, 1.807) is 35.2 Å². The number of imide groups is 2. The minimum atomic E-state index is -4.72. The van der Waals surface area contributed by atoms with Gasteiger partial charge in [-0.1, -0.05) is 12.1 Å². The molecule has 3 fully saturated rings. The summed E-state index contributed by atoms with van der Waals surface area (Å²) in [7, 11) is 0. The molecule has 4 aliphatic rings. The van der Waals surface area contributed by atoms with Crippen molar-refractivity contribution < 1.29 is 45.5 Å². The second-order valence-electron chi connectivity index (χ2n) is 16.1. The van der Waals surface area contributed by atoms with Gasteiger partial charge in [-0.05, 0) is 80.1 Å². The van der Waals surface area contributed by atoms with Crippen LogP contribution in [0, 0.1) is 5.92 Å². The molecule has 0 aliphatic carbocycles. The van der Waals surface area contributed by atoms with Crippen LogP contribution in [0.25, 0.3) is 32.9 Å². The minimum Gasteiger partial charge on any atom is -0.369 e. The second kappa shape index (κ2) is 15.5. The van der Waals surface area contributed by atoms with E-state index in [4.69, 9.17) is 0 Å². The molecule has 2 aromatic carbocycles. The summed E-state index contributed by atoms with van der Waals surface area (Å²) in [6.45, 7) is 3.22. The van der Waals surface area contributed by atoms with Crippen LogP contribution in [0.4, 0.5) is 37.8 Å². The molecule has 4 aliphatic heterocycles. The van der Waals surface area contributed by atoms with Gasteiger partial charge in [0.1, 0.15) is 18.4 Å². The molecule has 3 saturated heterocycles. The number of halogens is 6. The number of piperidine rings is 2. The Balaban J connectivity index is 0.810. The Bertz CT molecular complexity index is 2580. The molecule has 1 atom stereocenters. The lowest BCUT2D eigenvalue weighted by atomic mass is 9.93. The molecular formula is C43H40F6N8O4. The van der Waals surface area contributed by atoms with Crippen molar-refractivity contribution >= 4 is 56.9 Å². The van der Waals surface area contributed by atoms with E-state index in [0.29, 0.717) is 66.8 Å². The van der Waals surface area contributed by atoms with E-state index in [1.807, 2.05) is 0 Å². The number of piperazine rings is 1. The Morgan fingerprint density at radius 2 is 1.48 bits per heavy atom. The fourth-order valence-corrected chi connectivity index (χ4v) is 9.23. The standard InChI is InChI=1S/C43H40F6N8O4/c44-42(45,46)24-56-34-7-11-50-23-32(34)29-3-1-26(20-36(29)56)27-19-33(43(47,48)49)38(51-22-27)55-13-9-25(10-14-55)8-12-53-15-17-54(18-16-53)28-2-4-30-31(21-28)41(61)57(40(30)60)35-5-6-37(58)52-39(35)59/h1-4,7,11,19-23,25,35H,5-6,8-10,12-18,24H2,(H,52,58,59). The average molecular weight is 847 g/mol. The van der Waals surface area contributed by atoms with Crippen molar-refractivity contribution in [3.05, 3.63) is 83.8 Å². The number of pyridine rings is 2. The number of nitrogens with zero attached hydrogens (tertiary/aromatic N) is 7. The maximum Gasteiger partial charge on any atom is 0.419 e. The lowest BCUT2D eigenvalue weighted by Crippen LogP contribution is -2.54. The molecule has 18 heteroatoms. The molecule has 9 rings (SSSR count). The van der Waals surface area contributed by atoms with Crippen LogP contribution in [0.2, 0.25) is 0 Å². The van der Waals surface area contributed by atoms with E-state index in [1.165, 1.54) is 30.7 Å². The Kier molecular flexibility index (Phi) is 10.2. The number of hydrogen-bond donors (Lipinski definition) is 1. The molecule has 61 heavy (non-hydrogen) atoms. The van der Waals surface area contributed by atoms with Crippen LogP contribution in [0.15, 0.2) is 67.1 Å². The van der Waals surface area contributed by atoms with Gasteiger partial charge in [0, 0.05) is 86.3 Å². The van der Waals surface area contributed by atoms with Gasteiger partial charge in [0.2, 0.25) is 11.8 Å². The summed E-state index contributed by atoms with van der Waals surface area (Å²) in [5.74, 6) is -2.04. The van der Waals surface area contributed by atoms with Crippen molar-refractivity contribution in [2.75, 3.05) is 55.6 Å². The molecule has 0 radical (unpaired) electrons. The van der Waals surface area contributed by atoms with Crippen molar-refractivity contribution in [3.63, 3.8) is 0 Å². The SMILES string of the molecule is O=C1CCC(N2C(=O)c3ccc(N4CCN(CCC5CCN(c6ncc(-c7ccc8c9cnccc9n(CC(F)(F)F)c8c7)cc6C(F)(F)F)CC5)CC4)cc3C2=O)C(=O)N1. The first-order valence-electron chi connectivity index (χ1n) is 20.2. The van der Waals surface area contributed by atoms with Crippen molar-refractivity contribution in [2.45, 2.75) is 57.0 Å². The molecule has 318 valence electrons. The monoisotopic (exact) mass is 846 g/mol. The highest BCUT2D eigenvalue weighted by molar-refractivity contribution is 6.23. The number of carbonyl (C=O) groups is 4. The summed E-state index contributed by atoms with van der Waals surface area (Å²) in [5.41, 5.74) is 1.37. The predicted octanol–water partition coefficient (Wildman–Crippen LogP) is 6.66. The number of amides is 4. The van der Waals surface area contributed by atoms with Gasteiger partial charge in [-0.15, -0.1) is 0 Å². The van der Waals surface area contributed by atoms with Crippen LogP contribution in [0.1, 0.15) is 58.4 Å². The van der Waals surface area contributed by atoms with Crippen LogP contribution in [0.5, 0.6) is 0 Å². The number of rotatable bonds is 8. The third kappa shape index (κ3) is 7.77. The molecule has 4 amide bonds. The lowest BCUT2D eigenvalue weighted by Gasteiger charge is -2.38. The van der Waals surface area contributed by atoms with E-state index in [2.05, 4.69) is 25.1 Å². The Hall–Kier alpha value is -6.04. The third-order valence-electron chi connectivity index (χ3n) is 12.4. The zero-order chi connectivity index (χ0) is 42.8. The number of fused-ring (bicyclic) bond motifs is 4. The van der Waals surface area contributed by atoms with Gasteiger partial charge < -0.3 is 14.4 Å². The molecule has 1 N–H and O–H groups in total. The molecule has 0 saturated carbocycles. The quantitative estimate of drug-likeness (QED) is 0.135. The summed E-state index contributed by atoms with van der Waals surface area (Å²) < 4.78 is 85.8. The smallest absolute Gasteiger partial charge is 0.369 e. The zero-order valence-electron chi connectivity index (χ0n) is 32.7. The second-order valence-corrected chi connectivity index (χ2v) is 16.1. The van der Waals surface area contributed by atoms with Gasteiger partial charge in [-0.2, -0.15) is 26.3 Å². The molecule has 12 nitrogen and oxygen atoms in total. The third-order valence-corrected chi connectivity index (χ3v) is 12.4. The highest BCUT2D eigenvalue weighted by atomic mass is 19.4. The van der Waals surface area contributed by atoms with Crippen LogP contribution < -0.4 is 15.1 Å². The number of hydrogen-bond acceptors (Lipinski definition) is 9. The van der Waals surface area contributed by atoms with Gasteiger partial charge in [0.15, 0.2) is 0 Å². The highest BCUT2D eigenvalue weighted by Gasteiger charge is 2.45. The summed E-state index contributed by atoms with van der Waals surface area (Å²) in [6.07, 6.45) is -2.63. The Morgan fingerprint density at radius 3 is 2.20 bits per heavy atom. The minimum absolute atomic E-state index is 0.0455. The number of anilines is 2. The topological polar surface area (TPSA) is 124 Å². The maximum atomic E-state index is 14.6. The van der Waals surface area contributed by atoms with E-state index in [0.717, 1.165) is 47.3 Å². The number of aromatic nitrogens is 3. The summed E-state index contributed by atoms with van der Waals surface area (Å²) in [4.78, 5) is 65.9. The first-order valence-corrected chi connectivity index (χ1v) is 20.2. The van der Waals surface area contributed by atoms with Gasteiger partial charge in [-0.3, -0.25) is 39.3 Å². The Morgan fingerprint density at radius 1 is 0.721 bits per heavy atom. The van der Waals surface area contributed by atoms with Crippen molar-refractivity contribution in [1.82, 2.24) is 29.7 Å². The number of carbonyl (C=O) groups excluding carboxylic acids is 4. The normalized spacial score (nSPS) is 19.7. The molecule has 7 heterocycles. The largest absolute Gasteiger partial charge is 0.419 e. The molecule has 3 aromatic heterocycles. The van der Waals surface area contributed by atoms with Gasteiger partial charge in [0.05, 0.1) is 27.7 Å². The summed E-state index contributed by atoms with van der Waals surface area (Å²) >= 11 is 0. The first-order chi connectivity index (χ1) is 29.1. The molecule has 5 aromatic rings. The molecule has 1 unspecified atom stereocenters. The first kappa shape index (κ1) is 40.4. The molecule has 0 bridgehead atoms. The van der Waals surface area contributed by atoms with Gasteiger partial charge in [0.25, 0.3) is 11.8 Å². The fourth-order valence-electron chi connectivity index (χ4n) is 9.23. The molecular weight excluding hydrogens is 807 g/mol. The van der Waals surface area contributed by atoms with Crippen LogP contribution >= 0.6 is 0 Å². The number of alkyl halides is 6. The van der Waals surface area contributed by atoms with Crippen molar-refractivity contribution in [2.24, 2.45) is 5.92 Å². The zero-order valence-corrected chi connectivity index (χ0v) is 32.7. The predicted molar refractivity (Wildman–Crippen MR) is 213 cm³/mol. The molecule has 0 spiro atoms. The maximum absolute atomic E-state index is 14.6. The van der Waals surface area contributed by atoms with Crippen molar-refractivity contribution in [3.8, 4) is 11.1 Å². The number of benzene rings is 2. The van der Waals surface area contributed by atoms with Crippen LogP contribution in [-0.4, -0.2) is 106 Å². The van der Waals surface area contributed by atoms with E-state index >= 15 is 0 Å².